The quantitative estimate of drug-likeness (QED) is 0.797. The van der Waals surface area contributed by atoms with E-state index in [9.17, 15) is 4.79 Å². The highest BCUT2D eigenvalue weighted by Crippen LogP contribution is 2.25. The summed E-state index contributed by atoms with van der Waals surface area (Å²) in [5.74, 6) is 1.45. The van der Waals surface area contributed by atoms with Crippen molar-refractivity contribution in [1.82, 2.24) is 0 Å². The molecule has 3 aliphatic rings. The number of carbonyl (C=O) groups is 1. The molecule has 3 rings (SSSR count). The van der Waals surface area contributed by atoms with E-state index in [1.165, 1.54) is 0 Å². The summed E-state index contributed by atoms with van der Waals surface area (Å²) in [5.41, 5.74) is 0.762. The summed E-state index contributed by atoms with van der Waals surface area (Å²) < 4.78 is 10.5. The monoisotopic (exact) mass is 306 g/mol. The van der Waals surface area contributed by atoms with Crippen LogP contribution in [0.25, 0.3) is 0 Å². The zero-order chi connectivity index (χ0) is 14.7. The minimum atomic E-state index is -0.387. The number of carbonyl (C=O) groups excluding carboxylic acids is 1. The van der Waals surface area contributed by atoms with Crippen molar-refractivity contribution in [2.24, 2.45) is 15.9 Å². The van der Waals surface area contributed by atoms with Gasteiger partial charge in [-0.15, -0.1) is 0 Å². The lowest BCUT2D eigenvalue weighted by Crippen LogP contribution is -2.29. The van der Waals surface area contributed by atoms with Crippen LogP contribution in [0, 0.1) is 5.92 Å². The van der Waals surface area contributed by atoms with Crippen LogP contribution < -0.4 is 0 Å². The van der Waals surface area contributed by atoms with E-state index < -0.39 is 0 Å². The fraction of sp³-hybridized carbons (Fsp3) is 0.533. The lowest BCUT2D eigenvalue weighted by molar-refractivity contribution is -0.118. The molecule has 1 saturated heterocycles. The number of hydrogen-bond donors (Lipinski definition) is 0. The van der Waals surface area contributed by atoms with Gasteiger partial charge in [0.2, 0.25) is 0 Å². The van der Waals surface area contributed by atoms with Gasteiger partial charge in [-0.2, -0.15) is 16.8 Å². The van der Waals surface area contributed by atoms with E-state index in [4.69, 9.17) is 9.47 Å². The van der Waals surface area contributed by atoms with Crippen LogP contribution in [0.5, 0.6) is 0 Å². The van der Waals surface area contributed by atoms with Gasteiger partial charge in [0.15, 0.2) is 0 Å². The molecule has 0 bridgehead atoms. The fourth-order valence-electron chi connectivity index (χ4n) is 2.49. The molecule has 6 heteroatoms. The number of allylic oxidation sites excluding steroid dienone is 2. The number of fused-ring (bicyclic) bond motifs is 1. The van der Waals surface area contributed by atoms with E-state index in [-0.39, 0.29) is 11.8 Å². The molecule has 0 radical (unpaired) electrons. The lowest BCUT2D eigenvalue weighted by atomic mass is 9.96. The molecule has 112 valence electrons. The molecule has 0 N–H and O–H groups in total. The van der Waals surface area contributed by atoms with Crippen molar-refractivity contribution in [2.75, 3.05) is 26.1 Å². The summed E-state index contributed by atoms with van der Waals surface area (Å²) in [7, 11) is 1.59. The molecule has 0 aromatic carbocycles. The summed E-state index contributed by atoms with van der Waals surface area (Å²) in [5, 5.41) is 0.580. The van der Waals surface area contributed by atoms with Gasteiger partial charge in [0, 0.05) is 18.5 Å². The number of ether oxygens (including phenoxy) is 2. The smallest absolute Gasteiger partial charge is 0.260 e. The molecule has 1 amide bonds. The molecule has 0 saturated carbocycles. The van der Waals surface area contributed by atoms with E-state index in [0.29, 0.717) is 22.6 Å². The van der Waals surface area contributed by atoms with Crippen LogP contribution in [0.1, 0.15) is 12.8 Å². The number of rotatable bonds is 4. The number of amidine groups is 1. The second-order valence-electron chi connectivity index (χ2n) is 5.11. The predicted molar refractivity (Wildman–Crippen MR) is 83.9 cm³/mol. The number of hydrogen-bond acceptors (Lipinski definition) is 5. The molecule has 1 fully saturated rings. The van der Waals surface area contributed by atoms with E-state index in [1.807, 2.05) is 23.9 Å². The summed E-state index contributed by atoms with van der Waals surface area (Å²) in [6, 6.07) is 0. The Morgan fingerprint density at radius 1 is 1.33 bits per heavy atom. The Morgan fingerprint density at radius 3 is 2.90 bits per heavy atom. The summed E-state index contributed by atoms with van der Waals surface area (Å²) in [6.45, 7) is 1.65. The maximum atomic E-state index is 12.1. The third-order valence-corrected chi connectivity index (χ3v) is 5.05. The molecule has 5 nitrogen and oxygen atoms in total. The topological polar surface area (TPSA) is 60.2 Å². The molecule has 1 unspecified atom stereocenters. The van der Waals surface area contributed by atoms with Crippen LogP contribution >= 0.6 is 11.8 Å². The number of aliphatic imine (C=N–C) groups is 2. The molecular weight excluding hydrogens is 288 g/mol. The second kappa shape index (κ2) is 6.58. The Bertz CT molecular complexity index is 545. The maximum Gasteiger partial charge on any atom is 0.260 e. The van der Waals surface area contributed by atoms with Crippen molar-refractivity contribution in [2.45, 2.75) is 18.1 Å². The van der Waals surface area contributed by atoms with Crippen molar-refractivity contribution < 1.29 is 14.3 Å². The average Bonchev–Trinajstić information content (AvgIpc) is 2.54. The third-order valence-electron chi connectivity index (χ3n) is 3.68. The van der Waals surface area contributed by atoms with E-state index in [2.05, 4.69) is 9.98 Å². The number of methoxy groups -OCH3 is 1. The van der Waals surface area contributed by atoms with Crippen LogP contribution in [-0.4, -0.2) is 48.8 Å². The minimum absolute atomic E-state index is 0.151. The molecule has 2 heterocycles. The average molecular weight is 306 g/mol. The Balaban J connectivity index is 1.64. The lowest BCUT2D eigenvalue weighted by Gasteiger charge is -2.23. The van der Waals surface area contributed by atoms with Crippen molar-refractivity contribution in [1.29, 1.82) is 0 Å². The highest BCUT2D eigenvalue weighted by molar-refractivity contribution is 8.00. The Morgan fingerprint density at radius 2 is 2.14 bits per heavy atom. The Kier molecular flexibility index (Phi) is 4.55. The second-order valence-corrected chi connectivity index (χ2v) is 6.40. The van der Waals surface area contributed by atoms with Crippen LogP contribution in [0.2, 0.25) is 0 Å². The van der Waals surface area contributed by atoms with Crippen molar-refractivity contribution >= 4 is 29.2 Å². The highest BCUT2D eigenvalue weighted by Gasteiger charge is 2.28. The molecule has 1 aliphatic carbocycles. The standard InChI is InChI=1S/C15H18N2O3S/c1-19-10-2-3-13-12(8-10)15(18)17-14(16-13)9-21-11-4-6-20-7-5-11/h2-3,8,11-12H,4-7,9H2,1H3. The van der Waals surface area contributed by atoms with Gasteiger partial charge in [-0.05, 0) is 31.1 Å². The Hall–Kier alpha value is -1.40. The van der Waals surface area contributed by atoms with Gasteiger partial charge in [-0.25, -0.2) is 4.99 Å². The molecule has 1 atom stereocenters. The molecule has 0 aromatic heterocycles. The van der Waals surface area contributed by atoms with Gasteiger partial charge < -0.3 is 9.47 Å². The van der Waals surface area contributed by atoms with Crippen molar-refractivity contribution in [3.05, 3.63) is 24.0 Å². The number of thioether (sulfide) groups is 1. The molecule has 2 aliphatic heterocycles. The molecular formula is C15H18N2O3S. The van der Waals surface area contributed by atoms with Crippen LogP contribution in [0.15, 0.2) is 34.0 Å². The zero-order valence-electron chi connectivity index (χ0n) is 11.9. The first kappa shape index (κ1) is 14.5. The highest BCUT2D eigenvalue weighted by atomic mass is 32.2. The van der Waals surface area contributed by atoms with Crippen molar-refractivity contribution in [3.8, 4) is 0 Å². The molecule has 0 spiro atoms. The SMILES string of the molecule is COC1=CC2C(=O)N=C(CSC3CCOCC3)N=C2C=C1. The fourth-order valence-corrected chi connectivity index (χ4v) is 3.53. The van der Waals surface area contributed by atoms with Gasteiger partial charge in [0.1, 0.15) is 17.5 Å². The van der Waals surface area contributed by atoms with Gasteiger partial charge in [-0.1, -0.05) is 0 Å². The van der Waals surface area contributed by atoms with E-state index in [0.717, 1.165) is 31.8 Å². The van der Waals surface area contributed by atoms with Crippen LogP contribution in [0.3, 0.4) is 0 Å². The van der Waals surface area contributed by atoms with E-state index >= 15 is 0 Å². The first-order chi connectivity index (χ1) is 10.3. The van der Waals surface area contributed by atoms with Gasteiger partial charge in [0.05, 0.1) is 18.6 Å². The number of nitrogens with zero attached hydrogens (tertiary/aromatic N) is 2. The first-order valence-electron chi connectivity index (χ1n) is 7.09. The van der Waals surface area contributed by atoms with Crippen molar-refractivity contribution in [3.63, 3.8) is 0 Å². The van der Waals surface area contributed by atoms with Crippen LogP contribution in [-0.2, 0) is 14.3 Å². The zero-order valence-corrected chi connectivity index (χ0v) is 12.8. The third kappa shape index (κ3) is 3.44. The summed E-state index contributed by atoms with van der Waals surface area (Å²) in [6.07, 6.45) is 7.56. The van der Waals surface area contributed by atoms with Gasteiger partial charge in [-0.3, -0.25) is 4.79 Å². The molecule has 21 heavy (non-hydrogen) atoms. The predicted octanol–water partition coefficient (Wildman–Crippen LogP) is 1.99. The molecule has 0 aromatic rings. The first-order valence-corrected chi connectivity index (χ1v) is 8.14. The Labute approximate surface area is 128 Å². The van der Waals surface area contributed by atoms with E-state index in [1.54, 1.807) is 13.2 Å². The van der Waals surface area contributed by atoms with Gasteiger partial charge >= 0.3 is 0 Å². The number of amides is 1. The minimum Gasteiger partial charge on any atom is -0.497 e. The summed E-state index contributed by atoms with van der Waals surface area (Å²) >= 11 is 1.82. The van der Waals surface area contributed by atoms with Crippen LogP contribution in [0.4, 0.5) is 0 Å². The normalized spacial score (nSPS) is 25.9. The van der Waals surface area contributed by atoms with Gasteiger partial charge in [0.25, 0.3) is 5.91 Å². The maximum absolute atomic E-state index is 12.1. The summed E-state index contributed by atoms with van der Waals surface area (Å²) in [4.78, 5) is 20.8. The largest absolute Gasteiger partial charge is 0.497 e.